The van der Waals surface area contributed by atoms with Crippen LogP contribution in [0.1, 0.15) is 19.8 Å². The van der Waals surface area contributed by atoms with Crippen molar-refractivity contribution in [2.45, 2.75) is 19.8 Å². The molecule has 1 amide bonds. The van der Waals surface area contributed by atoms with Crippen LogP contribution in [0.3, 0.4) is 0 Å². The lowest BCUT2D eigenvalue weighted by molar-refractivity contribution is -0.125. The first-order valence-electron chi connectivity index (χ1n) is 5.98. The number of carbonyl (C=O) groups excluding carboxylic acids is 1. The molecule has 98 valence electrons. The predicted octanol–water partition coefficient (Wildman–Crippen LogP) is 3.43. The van der Waals surface area contributed by atoms with Crippen molar-refractivity contribution in [2.75, 3.05) is 18.4 Å². The van der Waals surface area contributed by atoms with Gasteiger partial charge in [-0.2, -0.15) is 0 Å². The van der Waals surface area contributed by atoms with Gasteiger partial charge >= 0.3 is 0 Å². The Morgan fingerprint density at radius 1 is 1.56 bits per heavy atom. The van der Waals surface area contributed by atoms with Crippen LogP contribution in [0.5, 0.6) is 0 Å². The van der Waals surface area contributed by atoms with Gasteiger partial charge in [-0.15, -0.1) is 0 Å². The van der Waals surface area contributed by atoms with Gasteiger partial charge in [0.2, 0.25) is 5.91 Å². The molecular weight excluding hydrogens is 316 g/mol. The summed E-state index contributed by atoms with van der Waals surface area (Å²) >= 11 is 9.44. The summed E-state index contributed by atoms with van der Waals surface area (Å²) < 4.78 is 0.899. The Balaban J connectivity index is 2.11. The maximum absolute atomic E-state index is 12.3. The first kappa shape index (κ1) is 13.8. The summed E-state index contributed by atoms with van der Waals surface area (Å²) in [6, 6.07) is 5.45. The van der Waals surface area contributed by atoms with Crippen LogP contribution < -0.4 is 10.6 Å². The van der Waals surface area contributed by atoms with E-state index in [0.29, 0.717) is 17.3 Å². The van der Waals surface area contributed by atoms with Crippen molar-refractivity contribution in [3.05, 3.63) is 27.7 Å². The topological polar surface area (TPSA) is 41.1 Å². The monoisotopic (exact) mass is 330 g/mol. The number of hydrogen-bond acceptors (Lipinski definition) is 2. The third kappa shape index (κ3) is 3.05. The zero-order valence-electron chi connectivity index (χ0n) is 10.2. The highest BCUT2D eigenvalue weighted by Crippen LogP contribution is 2.30. The van der Waals surface area contributed by atoms with Crippen molar-refractivity contribution in [1.29, 1.82) is 0 Å². The van der Waals surface area contributed by atoms with Crippen molar-refractivity contribution in [3.8, 4) is 0 Å². The predicted molar refractivity (Wildman–Crippen MR) is 78.0 cm³/mol. The Hall–Kier alpha value is -0.580. The van der Waals surface area contributed by atoms with E-state index in [0.717, 1.165) is 23.9 Å². The molecular formula is C13H16BrClN2O. The van der Waals surface area contributed by atoms with Crippen molar-refractivity contribution in [3.63, 3.8) is 0 Å². The molecule has 1 fully saturated rings. The third-order valence-corrected chi connectivity index (χ3v) is 4.13. The van der Waals surface area contributed by atoms with Gasteiger partial charge in [0.05, 0.1) is 16.1 Å². The highest BCUT2D eigenvalue weighted by Gasteiger charge is 2.34. The SMILES string of the molecule is CC1(C(=O)Nc2ccc(Br)cc2Cl)CCCNC1. The Morgan fingerprint density at radius 2 is 2.33 bits per heavy atom. The second kappa shape index (κ2) is 5.59. The second-order valence-corrected chi connectivity index (χ2v) is 6.24. The van der Waals surface area contributed by atoms with E-state index in [-0.39, 0.29) is 11.3 Å². The zero-order chi connectivity index (χ0) is 13.2. The lowest BCUT2D eigenvalue weighted by Crippen LogP contribution is -2.46. The average Bonchev–Trinajstić information content (AvgIpc) is 2.33. The molecule has 1 unspecified atom stereocenters. The Labute approximate surface area is 120 Å². The van der Waals surface area contributed by atoms with Crippen molar-refractivity contribution in [1.82, 2.24) is 5.32 Å². The molecule has 2 rings (SSSR count). The molecule has 1 aliphatic rings. The molecule has 1 saturated heterocycles. The van der Waals surface area contributed by atoms with Gasteiger partial charge in [0, 0.05) is 11.0 Å². The summed E-state index contributed by atoms with van der Waals surface area (Å²) in [4.78, 5) is 12.3. The van der Waals surface area contributed by atoms with E-state index < -0.39 is 0 Å². The number of nitrogens with one attached hydrogen (secondary N) is 2. The number of anilines is 1. The Kier molecular flexibility index (Phi) is 4.30. The van der Waals surface area contributed by atoms with E-state index in [1.165, 1.54) is 0 Å². The van der Waals surface area contributed by atoms with E-state index >= 15 is 0 Å². The molecule has 5 heteroatoms. The number of benzene rings is 1. The molecule has 0 saturated carbocycles. The average molecular weight is 332 g/mol. The number of halogens is 2. The molecule has 0 radical (unpaired) electrons. The number of rotatable bonds is 2. The van der Waals surface area contributed by atoms with Crippen LogP contribution in [0.15, 0.2) is 22.7 Å². The summed E-state index contributed by atoms with van der Waals surface area (Å²) in [5.41, 5.74) is 0.311. The minimum Gasteiger partial charge on any atom is -0.324 e. The van der Waals surface area contributed by atoms with Crippen LogP contribution in [0, 0.1) is 5.41 Å². The first-order chi connectivity index (χ1) is 8.51. The number of carbonyl (C=O) groups is 1. The Bertz CT molecular complexity index is 458. The summed E-state index contributed by atoms with van der Waals surface area (Å²) in [5, 5.41) is 6.73. The molecule has 2 N–H and O–H groups in total. The van der Waals surface area contributed by atoms with Gasteiger partial charge in [-0.3, -0.25) is 4.79 Å². The Morgan fingerprint density at radius 3 is 2.94 bits per heavy atom. The maximum Gasteiger partial charge on any atom is 0.231 e. The number of piperidine rings is 1. The summed E-state index contributed by atoms with van der Waals surface area (Å²) in [7, 11) is 0. The standard InChI is InChI=1S/C13H16BrClN2O/c1-13(5-2-6-16-8-13)12(18)17-11-4-3-9(14)7-10(11)15/h3-4,7,16H,2,5-6,8H2,1H3,(H,17,18). The zero-order valence-corrected chi connectivity index (χ0v) is 12.6. The number of hydrogen-bond donors (Lipinski definition) is 2. The molecule has 1 atom stereocenters. The number of amides is 1. The highest BCUT2D eigenvalue weighted by molar-refractivity contribution is 9.10. The summed E-state index contributed by atoms with van der Waals surface area (Å²) in [6.45, 7) is 3.69. The van der Waals surface area contributed by atoms with Crippen molar-refractivity contribution in [2.24, 2.45) is 5.41 Å². The van der Waals surface area contributed by atoms with E-state index in [4.69, 9.17) is 11.6 Å². The van der Waals surface area contributed by atoms with E-state index in [2.05, 4.69) is 26.6 Å². The molecule has 1 heterocycles. The highest BCUT2D eigenvalue weighted by atomic mass is 79.9. The molecule has 0 spiro atoms. The minimum atomic E-state index is -0.353. The largest absolute Gasteiger partial charge is 0.324 e. The molecule has 0 bridgehead atoms. The molecule has 0 aromatic heterocycles. The van der Waals surface area contributed by atoms with Crippen LogP contribution >= 0.6 is 27.5 Å². The molecule has 1 aromatic rings. The lowest BCUT2D eigenvalue weighted by Gasteiger charge is -2.32. The molecule has 0 aliphatic carbocycles. The minimum absolute atomic E-state index is 0.0268. The maximum atomic E-state index is 12.3. The summed E-state index contributed by atoms with van der Waals surface area (Å²) in [6.07, 6.45) is 1.93. The fourth-order valence-corrected chi connectivity index (χ4v) is 2.83. The third-order valence-electron chi connectivity index (χ3n) is 3.32. The van der Waals surface area contributed by atoms with Gasteiger partial charge in [-0.25, -0.2) is 0 Å². The molecule has 18 heavy (non-hydrogen) atoms. The molecule has 3 nitrogen and oxygen atoms in total. The van der Waals surface area contributed by atoms with Gasteiger partial charge in [0.25, 0.3) is 0 Å². The second-order valence-electron chi connectivity index (χ2n) is 4.92. The van der Waals surface area contributed by atoms with E-state index in [1.807, 2.05) is 19.1 Å². The van der Waals surface area contributed by atoms with Crippen LogP contribution in [0.25, 0.3) is 0 Å². The van der Waals surface area contributed by atoms with E-state index in [9.17, 15) is 4.79 Å². The quantitative estimate of drug-likeness (QED) is 0.871. The summed E-state index contributed by atoms with van der Waals surface area (Å²) in [5.74, 6) is 0.0268. The molecule has 1 aliphatic heterocycles. The fraction of sp³-hybridized carbons (Fsp3) is 0.462. The first-order valence-corrected chi connectivity index (χ1v) is 7.16. The van der Waals surface area contributed by atoms with E-state index in [1.54, 1.807) is 6.07 Å². The fourth-order valence-electron chi connectivity index (χ4n) is 2.11. The van der Waals surface area contributed by atoms with Crippen molar-refractivity contribution < 1.29 is 4.79 Å². The van der Waals surface area contributed by atoms with Crippen LogP contribution in [-0.2, 0) is 4.79 Å². The van der Waals surface area contributed by atoms with Crippen LogP contribution in [-0.4, -0.2) is 19.0 Å². The van der Waals surface area contributed by atoms with Crippen LogP contribution in [0.4, 0.5) is 5.69 Å². The van der Waals surface area contributed by atoms with Gasteiger partial charge < -0.3 is 10.6 Å². The normalized spacial score (nSPS) is 23.7. The molecule has 1 aromatic carbocycles. The van der Waals surface area contributed by atoms with Crippen LogP contribution in [0.2, 0.25) is 5.02 Å². The van der Waals surface area contributed by atoms with Crippen molar-refractivity contribution >= 4 is 39.1 Å². The van der Waals surface area contributed by atoms with Gasteiger partial charge in [0.1, 0.15) is 0 Å². The lowest BCUT2D eigenvalue weighted by atomic mass is 9.82. The smallest absolute Gasteiger partial charge is 0.231 e. The van der Waals surface area contributed by atoms with Gasteiger partial charge in [0.15, 0.2) is 0 Å². The van der Waals surface area contributed by atoms with Gasteiger partial charge in [-0.1, -0.05) is 27.5 Å². The van der Waals surface area contributed by atoms with Gasteiger partial charge in [-0.05, 0) is 44.5 Å².